The number of hydrogen-bond donors (Lipinski definition) is 2. The predicted octanol–water partition coefficient (Wildman–Crippen LogP) is 0.455. The number of rotatable bonds is 3. The van der Waals surface area contributed by atoms with E-state index in [2.05, 4.69) is 10.4 Å². The van der Waals surface area contributed by atoms with Crippen molar-refractivity contribution < 1.29 is 9.90 Å². The van der Waals surface area contributed by atoms with Crippen molar-refractivity contribution >= 4 is 5.91 Å². The number of aryl methyl sites for hydroxylation is 1. The minimum atomic E-state index is -0.700. The van der Waals surface area contributed by atoms with Gasteiger partial charge in [0.05, 0.1) is 5.60 Å². The zero-order chi connectivity index (χ0) is 11.6. The molecule has 1 aliphatic rings. The lowest BCUT2D eigenvalue weighted by molar-refractivity contribution is 0.0447. The number of aliphatic hydroxyl groups is 1. The van der Waals surface area contributed by atoms with Crippen LogP contribution in [0.1, 0.15) is 36.2 Å². The third-order valence-electron chi connectivity index (χ3n) is 3.17. The van der Waals surface area contributed by atoms with Crippen LogP contribution in [0.5, 0.6) is 0 Å². The van der Waals surface area contributed by atoms with Crippen LogP contribution in [0.15, 0.2) is 12.3 Å². The first-order valence-corrected chi connectivity index (χ1v) is 5.59. The summed E-state index contributed by atoms with van der Waals surface area (Å²) in [5, 5.41) is 16.8. The summed E-state index contributed by atoms with van der Waals surface area (Å²) in [7, 11) is 1.72. The van der Waals surface area contributed by atoms with Crippen molar-refractivity contribution in [1.29, 1.82) is 0 Å². The van der Waals surface area contributed by atoms with Gasteiger partial charge in [-0.05, 0) is 18.9 Å². The molecule has 0 saturated heterocycles. The molecule has 0 spiro atoms. The molecule has 2 N–H and O–H groups in total. The Bertz CT molecular complexity index is 380. The molecule has 1 aromatic rings. The summed E-state index contributed by atoms with van der Waals surface area (Å²) in [6.45, 7) is 0.330. The average Bonchev–Trinajstić information content (AvgIpc) is 2.85. The van der Waals surface area contributed by atoms with Gasteiger partial charge in [0.25, 0.3) is 5.91 Å². The summed E-state index contributed by atoms with van der Waals surface area (Å²) in [6.07, 6.45) is 5.21. The lowest BCUT2D eigenvalue weighted by Crippen LogP contribution is -2.41. The molecule has 88 valence electrons. The minimum absolute atomic E-state index is 0.180. The fraction of sp³-hybridized carbons (Fsp3) is 0.636. The van der Waals surface area contributed by atoms with E-state index in [9.17, 15) is 9.90 Å². The van der Waals surface area contributed by atoms with Gasteiger partial charge in [-0.15, -0.1) is 0 Å². The molecule has 0 bridgehead atoms. The van der Waals surface area contributed by atoms with Crippen molar-refractivity contribution in [2.75, 3.05) is 6.54 Å². The van der Waals surface area contributed by atoms with Gasteiger partial charge in [-0.25, -0.2) is 0 Å². The molecule has 16 heavy (non-hydrogen) atoms. The monoisotopic (exact) mass is 223 g/mol. The topological polar surface area (TPSA) is 67.2 Å². The number of nitrogens with zero attached hydrogens (tertiary/aromatic N) is 2. The molecule has 1 aliphatic carbocycles. The van der Waals surface area contributed by atoms with Crippen molar-refractivity contribution in [2.45, 2.75) is 31.3 Å². The molecule has 0 unspecified atom stereocenters. The first kappa shape index (κ1) is 11.1. The van der Waals surface area contributed by atoms with Gasteiger partial charge in [0, 0.05) is 19.8 Å². The van der Waals surface area contributed by atoms with Gasteiger partial charge in [-0.3, -0.25) is 9.48 Å². The summed E-state index contributed by atoms with van der Waals surface area (Å²) in [4.78, 5) is 11.7. The second-order valence-corrected chi connectivity index (χ2v) is 4.45. The molecule has 0 radical (unpaired) electrons. The van der Waals surface area contributed by atoms with Gasteiger partial charge in [0.1, 0.15) is 5.69 Å². The highest BCUT2D eigenvalue weighted by Gasteiger charge is 2.31. The number of carbonyl (C=O) groups excluding carboxylic acids is 1. The quantitative estimate of drug-likeness (QED) is 0.782. The second-order valence-electron chi connectivity index (χ2n) is 4.45. The van der Waals surface area contributed by atoms with Gasteiger partial charge >= 0.3 is 0 Å². The molecular weight excluding hydrogens is 206 g/mol. The van der Waals surface area contributed by atoms with E-state index in [1.165, 1.54) is 4.68 Å². The number of carbonyl (C=O) groups is 1. The molecule has 1 saturated carbocycles. The van der Waals surface area contributed by atoms with Gasteiger partial charge in [0.15, 0.2) is 0 Å². The zero-order valence-corrected chi connectivity index (χ0v) is 9.44. The van der Waals surface area contributed by atoms with Gasteiger partial charge in [0.2, 0.25) is 0 Å². The Morgan fingerprint density at radius 2 is 2.31 bits per heavy atom. The first-order valence-electron chi connectivity index (χ1n) is 5.59. The number of amides is 1. The van der Waals surface area contributed by atoms with Crippen molar-refractivity contribution in [1.82, 2.24) is 15.1 Å². The summed E-state index contributed by atoms with van der Waals surface area (Å²) in [5.74, 6) is -0.180. The van der Waals surface area contributed by atoms with E-state index in [1.54, 1.807) is 19.3 Å². The Morgan fingerprint density at radius 1 is 1.62 bits per heavy atom. The van der Waals surface area contributed by atoms with E-state index < -0.39 is 5.60 Å². The van der Waals surface area contributed by atoms with Gasteiger partial charge < -0.3 is 10.4 Å². The van der Waals surface area contributed by atoms with Crippen molar-refractivity contribution in [2.24, 2.45) is 7.05 Å². The number of aromatic nitrogens is 2. The molecule has 1 amide bonds. The molecule has 0 atom stereocenters. The smallest absolute Gasteiger partial charge is 0.269 e. The van der Waals surface area contributed by atoms with Crippen LogP contribution < -0.4 is 5.32 Å². The van der Waals surface area contributed by atoms with Crippen LogP contribution in [-0.4, -0.2) is 32.9 Å². The van der Waals surface area contributed by atoms with Crippen molar-refractivity contribution in [3.8, 4) is 0 Å². The normalized spacial score (nSPS) is 18.6. The van der Waals surface area contributed by atoms with Crippen LogP contribution in [0.3, 0.4) is 0 Å². The third kappa shape index (κ3) is 2.24. The van der Waals surface area contributed by atoms with Crippen LogP contribution in [-0.2, 0) is 7.05 Å². The maximum atomic E-state index is 11.7. The maximum Gasteiger partial charge on any atom is 0.269 e. The lowest BCUT2D eigenvalue weighted by atomic mass is 10.0. The highest BCUT2D eigenvalue weighted by molar-refractivity contribution is 5.92. The van der Waals surface area contributed by atoms with Crippen molar-refractivity contribution in [3.05, 3.63) is 18.0 Å². The molecule has 1 aromatic heterocycles. The Balaban J connectivity index is 1.91. The Labute approximate surface area is 94.5 Å². The lowest BCUT2D eigenvalue weighted by Gasteiger charge is -2.22. The van der Waals surface area contributed by atoms with Crippen molar-refractivity contribution in [3.63, 3.8) is 0 Å². The molecule has 2 rings (SSSR count). The zero-order valence-electron chi connectivity index (χ0n) is 9.44. The third-order valence-corrected chi connectivity index (χ3v) is 3.17. The second kappa shape index (κ2) is 4.25. The van der Waals surface area contributed by atoms with Crippen LogP contribution in [0.4, 0.5) is 0 Å². The summed E-state index contributed by atoms with van der Waals surface area (Å²) in [6, 6.07) is 1.66. The molecule has 1 heterocycles. The van der Waals surface area contributed by atoms with Crippen LogP contribution >= 0.6 is 0 Å². The minimum Gasteiger partial charge on any atom is -0.388 e. The van der Waals surface area contributed by atoms with Crippen LogP contribution in [0.2, 0.25) is 0 Å². The molecule has 5 nitrogen and oxygen atoms in total. The van der Waals surface area contributed by atoms with Gasteiger partial charge in [-0.2, -0.15) is 5.10 Å². The van der Waals surface area contributed by atoms with E-state index >= 15 is 0 Å². The fourth-order valence-corrected chi connectivity index (χ4v) is 2.14. The molecule has 0 aromatic carbocycles. The maximum absolute atomic E-state index is 11.7. The van der Waals surface area contributed by atoms with E-state index in [0.717, 1.165) is 25.7 Å². The average molecular weight is 223 g/mol. The molecular formula is C11H17N3O2. The highest BCUT2D eigenvalue weighted by atomic mass is 16.3. The number of hydrogen-bond acceptors (Lipinski definition) is 3. The fourth-order valence-electron chi connectivity index (χ4n) is 2.14. The highest BCUT2D eigenvalue weighted by Crippen LogP contribution is 2.28. The van der Waals surface area contributed by atoms with Gasteiger partial charge in [-0.1, -0.05) is 12.8 Å². The van der Waals surface area contributed by atoms with E-state index in [4.69, 9.17) is 0 Å². The summed E-state index contributed by atoms with van der Waals surface area (Å²) < 4.78 is 1.52. The molecule has 1 fully saturated rings. The standard InChI is InChI=1S/C11H17N3O2/c1-14-9(4-7-13-14)10(15)12-8-11(16)5-2-3-6-11/h4,7,16H,2-3,5-6,8H2,1H3,(H,12,15). The van der Waals surface area contributed by atoms with E-state index in [1.807, 2.05) is 0 Å². The van der Waals surface area contributed by atoms with Crippen LogP contribution in [0.25, 0.3) is 0 Å². The first-order chi connectivity index (χ1) is 7.61. The summed E-state index contributed by atoms with van der Waals surface area (Å²) >= 11 is 0. The Hall–Kier alpha value is -1.36. The molecule has 0 aliphatic heterocycles. The predicted molar refractivity (Wildman–Crippen MR) is 59.0 cm³/mol. The van der Waals surface area contributed by atoms with E-state index in [-0.39, 0.29) is 5.91 Å². The SMILES string of the molecule is Cn1nccc1C(=O)NCC1(O)CCCC1. The molecule has 5 heteroatoms. The largest absolute Gasteiger partial charge is 0.388 e. The summed E-state index contributed by atoms with van der Waals surface area (Å²) in [5.41, 5.74) is -0.185. The Kier molecular flexibility index (Phi) is 2.96. The van der Waals surface area contributed by atoms with Crippen LogP contribution in [0, 0.1) is 0 Å². The Morgan fingerprint density at radius 3 is 2.88 bits per heavy atom. The van der Waals surface area contributed by atoms with E-state index in [0.29, 0.717) is 12.2 Å². The number of nitrogens with one attached hydrogen (secondary N) is 1.